The van der Waals surface area contributed by atoms with Crippen molar-refractivity contribution < 1.29 is 9.53 Å². The van der Waals surface area contributed by atoms with Crippen LogP contribution in [0.4, 0.5) is 5.13 Å². The van der Waals surface area contributed by atoms with Crippen LogP contribution in [-0.2, 0) is 0 Å². The Morgan fingerprint density at radius 3 is 2.42 bits per heavy atom. The first kappa shape index (κ1) is 20.5. The molecule has 31 heavy (non-hydrogen) atoms. The number of esters is 1. The number of ether oxygens (including phenoxy) is 1. The SMILES string of the molecule is Cc1ccccc1C(=O)Oc1ccc(/C=N\Nc2nc(-c3ccccc3)c(C)s2)cc1. The maximum Gasteiger partial charge on any atom is 0.343 e. The number of nitrogens with zero attached hydrogens (tertiary/aromatic N) is 2. The number of hydrogen-bond donors (Lipinski definition) is 1. The van der Waals surface area contributed by atoms with E-state index in [-0.39, 0.29) is 5.97 Å². The molecule has 0 fully saturated rings. The van der Waals surface area contributed by atoms with Crippen LogP contribution in [-0.4, -0.2) is 17.2 Å². The molecule has 3 aromatic carbocycles. The van der Waals surface area contributed by atoms with Gasteiger partial charge in [-0.25, -0.2) is 9.78 Å². The average molecular weight is 428 g/mol. The van der Waals surface area contributed by atoms with E-state index in [1.165, 1.54) is 0 Å². The van der Waals surface area contributed by atoms with Crippen LogP contribution in [0.2, 0.25) is 0 Å². The predicted octanol–water partition coefficient (Wildman–Crippen LogP) is 6.09. The number of aromatic nitrogens is 1. The van der Waals surface area contributed by atoms with Crippen molar-refractivity contribution in [1.29, 1.82) is 0 Å². The molecule has 4 aromatic rings. The molecule has 0 atom stereocenters. The molecule has 5 nitrogen and oxygen atoms in total. The van der Waals surface area contributed by atoms with Crippen molar-refractivity contribution in [2.75, 3.05) is 5.43 Å². The largest absolute Gasteiger partial charge is 0.423 e. The van der Waals surface area contributed by atoms with E-state index in [1.807, 2.05) is 74.5 Å². The lowest BCUT2D eigenvalue weighted by Gasteiger charge is -2.06. The van der Waals surface area contributed by atoms with E-state index in [2.05, 4.69) is 15.5 Å². The Morgan fingerprint density at radius 1 is 0.968 bits per heavy atom. The molecule has 1 N–H and O–H groups in total. The number of hydrogen-bond acceptors (Lipinski definition) is 6. The van der Waals surface area contributed by atoms with Gasteiger partial charge in [-0.1, -0.05) is 48.5 Å². The normalized spacial score (nSPS) is 10.9. The highest BCUT2D eigenvalue weighted by atomic mass is 32.1. The first-order valence-corrected chi connectivity index (χ1v) is 10.6. The third-order valence-electron chi connectivity index (χ3n) is 4.67. The summed E-state index contributed by atoms with van der Waals surface area (Å²) in [5.74, 6) is 0.121. The van der Waals surface area contributed by atoms with Gasteiger partial charge in [0.2, 0.25) is 5.13 Å². The smallest absolute Gasteiger partial charge is 0.343 e. The number of anilines is 1. The summed E-state index contributed by atoms with van der Waals surface area (Å²) in [5.41, 5.74) is 7.36. The van der Waals surface area contributed by atoms with Crippen LogP contribution in [0.1, 0.15) is 26.4 Å². The van der Waals surface area contributed by atoms with E-state index in [0.29, 0.717) is 11.3 Å². The van der Waals surface area contributed by atoms with Crippen molar-refractivity contribution in [3.8, 4) is 17.0 Å². The van der Waals surface area contributed by atoms with Gasteiger partial charge in [-0.15, -0.1) is 11.3 Å². The van der Waals surface area contributed by atoms with E-state index in [0.717, 1.165) is 32.4 Å². The van der Waals surface area contributed by atoms with Gasteiger partial charge in [-0.05, 0) is 55.3 Å². The minimum atomic E-state index is -0.366. The quantitative estimate of drug-likeness (QED) is 0.175. The Hall–Kier alpha value is -3.77. The number of hydrazone groups is 1. The first-order valence-electron chi connectivity index (χ1n) is 9.80. The lowest BCUT2D eigenvalue weighted by molar-refractivity contribution is 0.0734. The minimum absolute atomic E-state index is 0.366. The fraction of sp³-hybridized carbons (Fsp3) is 0.0800. The summed E-state index contributed by atoms with van der Waals surface area (Å²) in [6, 6.07) is 24.6. The zero-order valence-electron chi connectivity index (χ0n) is 17.2. The molecule has 1 aromatic heterocycles. The van der Waals surface area contributed by atoms with Gasteiger partial charge in [0.25, 0.3) is 0 Å². The van der Waals surface area contributed by atoms with Crippen LogP contribution in [0.15, 0.2) is 84.0 Å². The third kappa shape index (κ3) is 5.05. The molecule has 0 saturated heterocycles. The number of nitrogens with one attached hydrogen (secondary N) is 1. The molecule has 0 saturated carbocycles. The molecule has 4 rings (SSSR count). The van der Waals surface area contributed by atoms with Crippen LogP contribution in [0.25, 0.3) is 11.3 Å². The zero-order chi connectivity index (χ0) is 21.6. The molecule has 154 valence electrons. The topological polar surface area (TPSA) is 63.6 Å². The molecule has 0 aliphatic rings. The van der Waals surface area contributed by atoms with Crippen molar-refractivity contribution in [1.82, 2.24) is 4.98 Å². The van der Waals surface area contributed by atoms with E-state index in [9.17, 15) is 4.79 Å². The molecule has 0 bridgehead atoms. The van der Waals surface area contributed by atoms with Gasteiger partial charge in [0.1, 0.15) is 5.75 Å². The van der Waals surface area contributed by atoms with Crippen molar-refractivity contribution in [3.63, 3.8) is 0 Å². The van der Waals surface area contributed by atoms with E-state index >= 15 is 0 Å². The Kier molecular flexibility index (Phi) is 6.19. The van der Waals surface area contributed by atoms with Crippen LogP contribution in [0.5, 0.6) is 5.75 Å². The Bertz CT molecular complexity index is 1220. The molecule has 0 amide bonds. The Labute approximate surface area is 185 Å². The molecule has 0 unspecified atom stereocenters. The van der Waals surface area contributed by atoms with Crippen LogP contribution >= 0.6 is 11.3 Å². The molecular weight excluding hydrogens is 406 g/mol. The number of aryl methyl sites for hydroxylation is 2. The third-order valence-corrected chi connectivity index (χ3v) is 5.55. The number of carbonyl (C=O) groups is 1. The molecule has 6 heteroatoms. The van der Waals surface area contributed by atoms with Crippen molar-refractivity contribution in [2.24, 2.45) is 5.10 Å². The summed E-state index contributed by atoms with van der Waals surface area (Å²) in [7, 11) is 0. The van der Waals surface area contributed by atoms with Crippen LogP contribution in [0.3, 0.4) is 0 Å². The lowest BCUT2D eigenvalue weighted by atomic mass is 10.1. The molecule has 0 radical (unpaired) electrons. The van der Waals surface area contributed by atoms with Crippen LogP contribution in [0, 0.1) is 13.8 Å². The van der Waals surface area contributed by atoms with E-state index < -0.39 is 0 Å². The number of thiazole rings is 1. The van der Waals surface area contributed by atoms with Crippen molar-refractivity contribution in [3.05, 3.63) is 100 Å². The van der Waals surface area contributed by atoms with Crippen molar-refractivity contribution >= 4 is 28.7 Å². The maximum atomic E-state index is 12.3. The van der Waals surface area contributed by atoms with Gasteiger partial charge in [0.15, 0.2) is 0 Å². The standard InChI is InChI=1S/C25H21N3O2S/c1-17-8-6-7-11-22(17)24(29)30-21-14-12-19(13-15-21)16-26-28-25-27-23(18(2)31-25)20-9-4-3-5-10-20/h3-16H,1-2H3,(H,27,28)/b26-16-. The zero-order valence-corrected chi connectivity index (χ0v) is 18.0. The lowest BCUT2D eigenvalue weighted by Crippen LogP contribution is -2.10. The fourth-order valence-corrected chi connectivity index (χ4v) is 3.84. The Morgan fingerprint density at radius 2 is 1.68 bits per heavy atom. The summed E-state index contributed by atoms with van der Waals surface area (Å²) >= 11 is 1.56. The number of rotatable bonds is 6. The molecule has 0 spiro atoms. The number of benzene rings is 3. The Balaban J connectivity index is 1.37. The van der Waals surface area contributed by atoms with Gasteiger partial charge < -0.3 is 4.74 Å². The molecule has 0 aliphatic carbocycles. The van der Waals surface area contributed by atoms with Gasteiger partial charge in [-0.3, -0.25) is 5.43 Å². The summed E-state index contributed by atoms with van der Waals surface area (Å²) < 4.78 is 5.46. The fourth-order valence-electron chi connectivity index (χ4n) is 3.06. The van der Waals surface area contributed by atoms with Gasteiger partial charge >= 0.3 is 5.97 Å². The highest BCUT2D eigenvalue weighted by Gasteiger charge is 2.11. The minimum Gasteiger partial charge on any atom is -0.423 e. The second kappa shape index (κ2) is 9.36. The maximum absolute atomic E-state index is 12.3. The second-order valence-electron chi connectivity index (χ2n) is 6.93. The molecule has 0 aliphatic heterocycles. The summed E-state index contributed by atoms with van der Waals surface area (Å²) in [6.07, 6.45) is 1.70. The highest BCUT2D eigenvalue weighted by Crippen LogP contribution is 2.30. The van der Waals surface area contributed by atoms with Gasteiger partial charge in [-0.2, -0.15) is 5.10 Å². The van der Waals surface area contributed by atoms with Gasteiger partial charge in [0.05, 0.1) is 17.5 Å². The average Bonchev–Trinajstić information content (AvgIpc) is 3.16. The van der Waals surface area contributed by atoms with Crippen LogP contribution < -0.4 is 10.2 Å². The summed E-state index contributed by atoms with van der Waals surface area (Å²) in [5, 5.41) is 5.01. The van der Waals surface area contributed by atoms with Gasteiger partial charge in [0, 0.05) is 10.4 Å². The first-order chi connectivity index (χ1) is 15.1. The predicted molar refractivity (Wildman–Crippen MR) is 126 cm³/mol. The van der Waals surface area contributed by atoms with E-state index in [1.54, 1.807) is 35.8 Å². The van der Waals surface area contributed by atoms with Crippen molar-refractivity contribution in [2.45, 2.75) is 13.8 Å². The summed E-state index contributed by atoms with van der Waals surface area (Å²) in [6.45, 7) is 3.93. The highest BCUT2D eigenvalue weighted by molar-refractivity contribution is 7.15. The molecular formula is C25H21N3O2S. The summed E-state index contributed by atoms with van der Waals surface area (Å²) in [4.78, 5) is 18.1. The molecule has 1 heterocycles. The second-order valence-corrected chi connectivity index (χ2v) is 8.14. The van der Waals surface area contributed by atoms with E-state index in [4.69, 9.17) is 4.74 Å². The number of carbonyl (C=O) groups excluding carboxylic acids is 1. The monoisotopic (exact) mass is 427 g/mol.